The Morgan fingerprint density at radius 1 is 1.03 bits per heavy atom. The van der Waals surface area contributed by atoms with Gasteiger partial charge >= 0.3 is 0 Å². The van der Waals surface area contributed by atoms with Gasteiger partial charge in [0.1, 0.15) is 11.6 Å². The number of benzene rings is 3. The van der Waals surface area contributed by atoms with Gasteiger partial charge in [0, 0.05) is 13.6 Å². The molecule has 0 atom stereocenters. The first-order valence-corrected chi connectivity index (χ1v) is 11.2. The van der Waals surface area contributed by atoms with Gasteiger partial charge < -0.3 is 5.11 Å². The smallest absolute Gasteiger partial charge is 0.266 e. The molecule has 0 aliphatic rings. The van der Waals surface area contributed by atoms with E-state index in [0.29, 0.717) is 22.3 Å². The highest BCUT2D eigenvalue weighted by atomic mass is 127. The molecule has 3 aromatic carbocycles. The highest BCUT2D eigenvalue weighted by molar-refractivity contribution is 14.1. The fourth-order valence-electron chi connectivity index (χ4n) is 3.40. The molecule has 1 N–H and O–H groups in total. The van der Waals surface area contributed by atoms with E-state index in [1.54, 1.807) is 28.9 Å². The minimum absolute atomic E-state index is 0.122. The van der Waals surface area contributed by atoms with E-state index in [4.69, 9.17) is 4.98 Å². The molecule has 0 amide bonds. The minimum Gasteiger partial charge on any atom is -0.507 e. The molecule has 150 valence electrons. The molecule has 6 heteroatoms. The van der Waals surface area contributed by atoms with E-state index in [1.165, 1.54) is 0 Å². The normalized spacial score (nSPS) is 11.5. The van der Waals surface area contributed by atoms with E-state index >= 15 is 0 Å². The molecular formula is C24H18BrIN2O2. The second kappa shape index (κ2) is 8.35. The van der Waals surface area contributed by atoms with Gasteiger partial charge in [0.25, 0.3) is 5.56 Å². The molecule has 1 aromatic heterocycles. The van der Waals surface area contributed by atoms with Gasteiger partial charge in [0.2, 0.25) is 0 Å². The van der Waals surface area contributed by atoms with Crippen molar-refractivity contribution in [3.05, 3.63) is 95.5 Å². The number of hydrogen-bond acceptors (Lipinski definition) is 3. The van der Waals surface area contributed by atoms with Crippen molar-refractivity contribution in [2.24, 2.45) is 0 Å². The average Bonchev–Trinajstić information content (AvgIpc) is 2.70. The molecule has 0 unspecified atom stereocenters. The molecule has 0 fully saturated rings. The van der Waals surface area contributed by atoms with Crippen LogP contribution >= 0.6 is 38.5 Å². The van der Waals surface area contributed by atoms with Crippen molar-refractivity contribution >= 4 is 61.6 Å². The van der Waals surface area contributed by atoms with Crippen LogP contribution in [0.5, 0.6) is 5.75 Å². The van der Waals surface area contributed by atoms with Gasteiger partial charge in [-0.15, -0.1) is 0 Å². The second-order valence-electron chi connectivity index (χ2n) is 7.10. The Balaban J connectivity index is 2.00. The van der Waals surface area contributed by atoms with Crippen LogP contribution in [0.3, 0.4) is 0 Å². The average molecular weight is 573 g/mol. The number of hydrogen-bond donors (Lipinski definition) is 1. The number of halogens is 2. The molecule has 0 aliphatic carbocycles. The van der Waals surface area contributed by atoms with Crippen LogP contribution in [0, 0.1) is 17.4 Å². The summed E-state index contributed by atoms with van der Waals surface area (Å²) >= 11 is 5.62. The highest BCUT2D eigenvalue weighted by Crippen LogP contribution is 2.25. The largest absolute Gasteiger partial charge is 0.507 e. The predicted molar refractivity (Wildman–Crippen MR) is 134 cm³/mol. The first-order chi connectivity index (χ1) is 14.3. The van der Waals surface area contributed by atoms with Crippen LogP contribution in [-0.4, -0.2) is 14.7 Å². The van der Waals surface area contributed by atoms with Crippen LogP contribution in [0.1, 0.15) is 22.5 Å². The standard InChI is InChI=1S/C24H18BrIN2O2/c1-14-3-8-21(15(2)11-14)28-23(10-4-16-12-17(25)5-9-22(16)29)27-20-7-6-18(26)13-19(20)24(28)30/h3-13,29H,1-2H3. The summed E-state index contributed by atoms with van der Waals surface area (Å²) in [7, 11) is 0. The van der Waals surface area contributed by atoms with Gasteiger partial charge in [-0.25, -0.2) is 4.98 Å². The summed E-state index contributed by atoms with van der Waals surface area (Å²) < 4.78 is 3.47. The Morgan fingerprint density at radius 3 is 2.60 bits per heavy atom. The van der Waals surface area contributed by atoms with Gasteiger partial charge in [-0.05, 0) is 96.6 Å². The first-order valence-electron chi connectivity index (χ1n) is 9.30. The van der Waals surface area contributed by atoms with Gasteiger partial charge in [0.05, 0.1) is 16.6 Å². The van der Waals surface area contributed by atoms with E-state index in [1.807, 2.05) is 56.3 Å². The highest BCUT2D eigenvalue weighted by Gasteiger charge is 2.13. The maximum Gasteiger partial charge on any atom is 0.266 e. The molecule has 4 aromatic rings. The maximum atomic E-state index is 13.5. The van der Waals surface area contributed by atoms with Crippen LogP contribution < -0.4 is 5.56 Å². The lowest BCUT2D eigenvalue weighted by Gasteiger charge is -2.14. The van der Waals surface area contributed by atoms with Crippen LogP contribution in [0.4, 0.5) is 0 Å². The third-order valence-corrected chi connectivity index (χ3v) is 6.02. The number of aromatic hydroxyl groups is 1. The molecule has 30 heavy (non-hydrogen) atoms. The molecule has 0 spiro atoms. The van der Waals surface area contributed by atoms with Crippen molar-refractivity contribution in [3.63, 3.8) is 0 Å². The topological polar surface area (TPSA) is 55.1 Å². The summed E-state index contributed by atoms with van der Waals surface area (Å²) in [6.07, 6.45) is 3.53. The third kappa shape index (κ3) is 4.06. The van der Waals surface area contributed by atoms with E-state index in [9.17, 15) is 9.90 Å². The number of phenols is 1. The van der Waals surface area contributed by atoms with Crippen molar-refractivity contribution < 1.29 is 5.11 Å². The van der Waals surface area contributed by atoms with E-state index < -0.39 is 0 Å². The Hall–Kier alpha value is -2.45. The van der Waals surface area contributed by atoms with Crippen molar-refractivity contribution in [3.8, 4) is 11.4 Å². The molecule has 0 saturated carbocycles. The molecular weight excluding hydrogens is 555 g/mol. The summed E-state index contributed by atoms with van der Waals surface area (Å²) in [5, 5.41) is 10.7. The Labute approximate surface area is 196 Å². The summed E-state index contributed by atoms with van der Waals surface area (Å²) in [4.78, 5) is 18.3. The SMILES string of the molecule is Cc1ccc(-n2c(C=Cc3cc(Br)ccc3O)nc3ccc(I)cc3c2=O)c(C)c1. The summed E-state index contributed by atoms with van der Waals surface area (Å²) in [6, 6.07) is 16.8. The van der Waals surface area contributed by atoms with Crippen molar-refractivity contribution in [2.75, 3.05) is 0 Å². The molecule has 4 nitrogen and oxygen atoms in total. The van der Waals surface area contributed by atoms with Gasteiger partial charge in [-0.1, -0.05) is 33.6 Å². The Bertz CT molecular complexity index is 1380. The van der Waals surface area contributed by atoms with Crippen molar-refractivity contribution in [1.29, 1.82) is 0 Å². The Morgan fingerprint density at radius 2 is 1.83 bits per heavy atom. The zero-order valence-electron chi connectivity index (χ0n) is 16.4. The van der Waals surface area contributed by atoms with Gasteiger partial charge in [-0.3, -0.25) is 9.36 Å². The summed E-state index contributed by atoms with van der Waals surface area (Å²) in [5.74, 6) is 0.658. The number of rotatable bonds is 3. The third-order valence-electron chi connectivity index (χ3n) is 4.85. The quantitative estimate of drug-likeness (QED) is 0.295. The second-order valence-corrected chi connectivity index (χ2v) is 9.26. The lowest BCUT2D eigenvalue weighted by Crippen LogP contribution is -2.23. The van der Waals surface area contributed by atoms with Crippen LogP contribution in [0.15, 0.2) is 63.9 Å². The molecule has 0 saturated heterocycles. The minimum atomic E-state index is -0.122. The fourth-order valence-corrected chi connectivity index (χ4v) is 4.27. The van der Waals surface area contributed by atoms with Crippen LogP contribution in [-0.2, 0) is 0 Å². The summed E-state index contributed by atoms with van der Waals surface area (Å²) in [5.41, 5.74) is 4.06. The zero-order valence-corrected chi connectivity index (χ0v) is 20.1. The van der Waals surface area contributed by atoms with Crippen LogP contribution in [0.25, 0.3) is 28.7 Å². The van der Waals surface area contributed by atoms with Crippen molar-refractivity contribution in [1.82, 2.24) is 9.55 Å². The van der Waals surface area contributed by atoms with E-state index in [0.717, 1.165) is 24.9 Å². The fraction of sp³-hybridized carbons (Fsp3) is 0.0833. The molecule has 0 aliphatic heterocycles. The zero-order chi connectivity index (χ0) is 21.4. The van der Waals surface area contributed by atoms with E-state index in [-0.39, 0.29) is 11.3 Å². The number of nitrogens with zero attached hydrogens (tertiary/aromatic N) is 2. The molecule has 1 heterocycles. The number of fused-ring (bicyclic) bond motifs is 1. The molecule has 4 rings (SSSR count). The Kier molecular flexibility index (Phi) is 5.79. The van der Waals surface area contributed by atoms with Gasteiger partial charge in [-0.2, -0.15) is 0 Å². The molecule has 0 radical (unpaired) electrons. The number of aryl methyl sites for hydroxylation is 2. The molecule has 0 bridgehead atoms. The lowest BCUT2D eigenvalue weighted by molar-refractivity contribution is 0.474. The lowest BCUT2D eigenvalue weighted by atomic mass is 10.1. The van der Waals surface area contributed by atoms with Crippen LogP contribution in [0.2, 0.25) is 0 Å². The number of phenolic OH excluding ortho intramolecular Hbond substituents is 1. The predicted octanol–water partition coefficient (Wildman–Crippen LogP) is 6.25. The monoisotopic (exact) mass is 572 g/mol. The maximum absolute atomic E-state index is 13.5. The number of aromatic nitrogens is 2. The summed E-state index contributed by atoms with van der Waals surface area (Å²) in [6.45, 7) is 4.01. The van der Waals surface area contributed by atoms with Crippen molar-refractivity contribution in [2.45, 2.75) is 13.8 Å². The van der Waals surface area contributed by atoms with Gasteiger partial charge in [0.15, 0.2) is 0 Å². The first kappa shape index (κ1) is 20.8. The van der Waals surface area contributed by atoms with E-state index in [2.05, 4.69) is 38.5 Å².